The highest BCUT2D eigenvalue weighted by Crippen LogP contribution is 2.24. The predicted octanol–water partition coefficient (Wildman–Crippen LogP) is 1.99. The summed E-state index contributed by atoms with van der Waals surface area (Å²) in [5.41, 5.74) is 6.66. The molecule has 5 heteroatoms. The van der Waals surface area contributed by atoms with Gasteiger partial charge in [0.15, 0.2) is 0 Å². The molecule has 4 nitrogen and oxygen atoms in total. The van der Waals surface area contributed by atoms with E-state index in [0.717, 1.165) is 22.5 Å². The minimum absolute atomic E-state index is 0.334. The molecule has 2 aromatic rings. The van der Waals surface area contributed by atoms with Gasteiger partial charge in [0.2, 0.25) is 0 Å². The second-order valence-electron chi connectivity index (χ2n) is 3.79. The normalized spacial score (nSPS) is 10.8. The van der Waals surface area contributed by atoms with Crippen LogP contribution in [0.5, 0.6) is 5.75 Å². The lowest BCUT2D eigenvalue weighted by molar-refractivity contribution is 0.414. The lowest BCUT2D eigenvalue weighted by Gasteiger charge is -2.06. The molecule has 0 radical (unpaired) electrons. The van der Waals surface area contributed by atoms with Crippen LogP contribution in [0.2, 0.25) is 0 Å². The quantitative estimate of drug-likeness (QED) is 0.661. The number of nitrogens with two attached hydrogens (primary N) is 1. The van der Waals surface area contributed by atoms with Gasteiger partial charge >= 0.3 is 5.63 Å². The number of methoxy groups -OCH3 is 1. The van der Waals surface area contributed by atoms with Gasteiger partial charge in [0.1, 0.15) is 11.3 Å². The maximum atomic E-state index is 11.5. The Bertz CT molecular complexity index is 594. The second-order valence-corrected chi connectivity index (χ2v) is 4.90. The molecule has 0 bridgehead atoms. The third-order valence-corrected chi connectivity index (χ3v) is 3.60. The summed E-state index contributed by atoms with van der Waals surface area (Å²) in [6, 6.07) is 7.04. The summed E-state index contributed by atoms with van der Waals surface area (Å²) in [6.45, 7) is 0.637. The maximum absolute atomic E-state index is 11.5. The molecule has 2 N–H and O–H groups in total. The molecule has 96 valence electrons. The van der Waals surface area contributed by atoms with Crippen molar-refractivity contribution in [2.24, 2.45) is 5.73 Å². The van der Waals surface area contributed by atoms with Gasteiger partial charge in [-0.15, -0.1) is 0 Å². The third-order valence-electron chi connectivity index (χ3n) is 2.56. The minimum atomic E-state index is -0.334. The molecule has 18 heavy (non-hydrogen) atoms. The van der Waals surface area contributed by atoms with Crippen LogP contribution in [0.1, 0.15) is 5.56 Å². The van der Waals surface area contributed by atoms with E-state index in [1.54, 1.807) is 31.0 Å². The van der Waals surface area contributed by atoms with Gasteiger partial charge in [-0.05, 0) is 17.7 Å². The van der Waals surface area contributed by atoms with Gasteiger partial charge in [-0.3, -0.25) is 0 Å². The third kappa shape index (κ3) is 2.86. The van der Waals surface area contributed by atoms with Crippen LogP contribution in [0, 0.1) is 0 Å². The second kappa shape index (κ2) is 5.93. The molecule has 0 aliphatic heterocycles. The Morgan fingerprint density at radius 1 is 1.39 bits per heavy atom. The Hall–Kier alpha value is -1.46. The highest BCUT2D eigenvalue weighted by atomic mass is 32.2. The van der Waals surface area contributed by atoms with Crippen molar-refractivity contribution in [3.8, 4) is 5.75 Å². The average Bonchev–Trinajstić information content (AvgIpc) is 2.38. The van der Waals surface area contributed by atoms with E-state index in [1.807, 2.05) is 12.1 Å². The molecule has 2 rings (SSSR count). The van der Waals surface area contributed by atoms with E-state index in [9.17, 15) is 4.79 Å². The average molecular weight is 265 g/mol. The summed E-state index contributed by atoms with van der Waals surface area (Å²) in [6.07, 6.45) is 0. The van der Waals surface area contributed by atoms with Crippen LogP contribution in [0.15, 0.2) is 33.5 Å². The first-order chi connectivity index (χ1) is 8.74. The number of fused-ring (bicyclic) bond motifs is 1. The Kier molecular flexibility index (Phi) is 4.28. The molecular weight excluding hydrogens is 250 g/mol. The van der Waals surface area contributed by atoms with Crippen LogP contribution in [-0.4, -0.2) is 19.4 Å². The van der Waals surface area contributed by atoms with E-state index in [2.05, 4.69) is 0 Å². The number of ether oxygens (including phenoxy) is 1. The van der Waals surface area contributed by atoms with Crippen LogP contribution in [0.3, 0.4) is 0 Å². The van der Waals surface area contributed by atoms with Crippen molar-refractivity contribution in [2.75, 3.05) is 19.4 Å². The molecule has 0 saturated heterocycles. The molecule has 0 unspecified atom stereocenters. The molecule has 1 aromatic carbocycles. The largest absolute Gasteiger partial charge is 0.497 e. The lowest BCUT2D eigenvalue weighted by Crippen LogP contribution is -2.03. The molecule has 0 saturated carbocycles. The topological polar surface area (TPSA) is 65.5 Å². The van der Waals surface area contributed by atoms with Crippen LogP contribution >= 0.6 is 11.8 Å². The molecule has 1 heterocycles. The fourth-order valence-corrected chi connectivity index (χ4v) is 2.49. The smallest absolute Gasteiger partial charge is 0.336 e. The van der Waals surface area contributed by atoms with Crippen molar-refractivity contribution in [3.05, 3.63) is 40.2 Å². The molecule has 0 aliphatic carbocycles. The van der Waals surface area contributed by atoms with Gasteiger partial charge in [-0.2, -0.15) is 11.8 Å². The summed E-state index contributed by atoms with van der Waals surface area (Å²) >= 11 is 1.70. The number of benzene rings is 1. The highest BCUT2D eigenvalue weighted by Gasteiger charge is 2.06. The fraction of sp³-hybridized carbons (Fsp3) is 0.308. The SMILES string of the molecule is COc1ccc2c(CSCCN)cc(=O)oc2c1. The molecule has 0 fully saturated rings. The number of hydrogen-bond donors (Lipinski definition) is 1. The molecule has 0 aliphatic rings. The van der Waals surface area contributed by atoms with Crippen molar-refractivity contribution in [1.82, 2.24) is 0 Å². The summed E-state index contributed by atoms with van der Waals surface area (Å²) < 4.78 is 10.3. The molecule has 0 spiro atoms. The first-order valence-corrected chi connectivity index (χ1v) is 6.78. The van der Waals surface area contributed by atoms with Crippen molar-refractivity contribution in [3.63, 3.8) is 0 Å². The van der Waals surface area contributed by atoms with Crippen LogP contribution in [-0.2, 0) is 5.75 Å². The summed E-state index contributed by atoms with van der Waals surface area (Å²) in [5.74, 6) is 2.31. The van der Waals surface area contributed by atoms with Crippen molar-refractivity contribution < 1.29 is 9.15 Å². The lowest BCUT2D eigenvalue weighted by atomic mass is 10.1. The Balaban J connectivity index is 2.42. The van der Waals surface area contributed by atoms with E-state index < -0.39 is 0 Å². The van der Waals surface area contributed by atoms with Gasteiger partial charge in [0.05, 0.1) is 7.11 Å². The first-order valence-electron chi connectivity index (χ1n) is 5.63. The van der Waals surface area contributed by atoms with E-state index in [1.165, 1.54) is 0 Å². The monoisotopic (exact) mass is 265 g/mol. The maximum Gasteiger partial charge on any atom is 0.336 e. The van der Waals surface area contributed by atoms with Gasteiger partial charge < -0.3 is 14.9 Å². The minimum Gasteiger partial charge on any atom is -0.497 e. The van der Waals surface area contributed by atoms with Gasteiger partial charge in [-0.1, -0.05) is 0 Å². The van der Waals surface area contributed by atoms with Gasteiger partial charge in [0.25, 0.3) is 0 Å². The molecule has 0 amide bonds. The zero-order chi connectivity index (χ0) is 13.0. The fourth-order valence-electron chi connectivity index (χ4n) is 1.72. The van der Waals surface area contributed by atoms with Crippen LogP contribution in [0.25, 0.3) is 11.0 Å². The number of thioether (sulfide) groups is 1. The highest BCUT2D eigenvalue weighted by molar-refractivity contribution is 7.98. The van der Waals surface area contributed by atoms with Crippen LogP contribution < -0.4 is 16.1 Å². The molecule has 0 atom stereocenters. The Labute approximate surface area is 109 Å². The van der Waals surface area contributed by atoms with E-state index in [4.69, 9.17) is 14.9 Å². The Morgan fingerprint density at radius 3 is 2.94 bits per heavy atom. The summed E-state index contributed by atoms with van der Waals surface area (Å²) in [4.78, 5) is 11.5. The van der Waals surface area contributed by atoms with Gasteiger partial charge in [0, 0.05) is 35.6 Å². The van der Waals surface area contributed by atoms with E-state index in [0.29, 0.717) is 17.9 Å². The van der Waals surface area contributed by atoms with Crippen LogP contribution in [0.4, 0.5) is 0 Å². The van der Waals surface area contributed by atoms with Gasteiger partial charge in [-0.25, -0.2) is 4.79 Å². The number of hydrogen-bond acceptors (Lipinski definition) is 5. The van der Waals surface area contributed by atoms with Crippen molar-refractivity contribution >= 4 is 22.7 Å². The van der Waals surface area contributed by atoms with Crippen molar-refractivity contribution in [2.45, 2.75) is 5.75 Å². The Morgan fingerprint density at radius 2 is 2.22 bits per heavy atom. The first kappa shape index (κ1) is 13.0. The van der Waals surface area contributed by atoms with E-state index >= 15 is 0 Å². The van der Waals surface area contributed by atoms with E-state index in [-0.39, 0.29) is 5.63 Å². The molecule has 1 aromatic heterocycles. The summed E-state index contributed by atoms with van der Waals surface area (Å²) in [5, 5.41) is 0.944. The number of rotatable bonds is 5. The zero-order valence-electron chi connectivity index (χ0n) is 10.1. The zero-order valence-corrected chi connectivity index (χ0v) is 11.0. The summed E-state index contributed by atoms with van der Waals surface area (Å²) in [7, 11) is 1.58. The van der Waals surface area contributed by atoms with Crippen molar-refractivity contribution in [1.29, 1.82) is 0 Å². The predicted molar refractivity (Wildman–Crippen MR) is 74.3 cm³/mol. The molecular formula is C13H15NO3S. The standard InChI is InChI=1S/C13H15NO3S/c1-16-10-2-3-11-9(8-18-5-4-14)6-13(15)17-12(11)7-10/h2-3,6-7H,4-5,8,14H2,1H3.